The molecule has 2 rings (SSSR count). The SMILES string of the molecule is CC(=O)C(=N)/C(C=N)=C1\N=C(N2CCCC2)C=CN1. The molecule has 6 heteroatoms. The Morgan fingerprint density at radius 3 is 2.74 bits per heavy atom. The molecule has 0 aliphatic carbocycles. The van der Waals surface area contributed by atoms with Gasteiger partial charge in [0, 0.05) is 32.4 Å². The monoisotopic (exact) mass is 259 g/mol. The van der Waals surface area contributed by atoms with Crippen LogP contribution in [0, 0.1) is 10.8 Å². The number of allylic oxidation sites excluding steroid dienone is 1. The molecule has 3 N–H and O–H groups in total. The molecule has 0 bridgehead atoms. The summed E-state index contributed by atoms with van der Waals surface area (Å²) in [5.74, 6) is 0.835. The first kappa shape index (κ1) is 13.2. The first-order valence-corrected chi connectivity index (χ1v) is 6.25. The Balaban J connectivity index is 2.33. The van der Waals surface area contributed by atoms with E-state index >= 15 is 0 Å². The summed E-state index contributed by atoms with van der Waals surface area (Å²) < 4.78 is 0. The maximum Gasteiger partial charge on any atom is 0.178 e. The lowest BCUT2D eigenvalue weighted by Crippen LogP contribution is -2.30. The van der Waals surface area contributed by atoms with Crippen molar-refractivity contribution in [1.82, 2.24) is 10.2 Å². The summed E-state index contributed by atoms with van der Waals surface area (Å²) in [5.41, 5.74) is 0.0193. The minimum Gasteiger partial charge on any atom is -0.357 e. The molecule has 0 aromatic rings. The molecular weight excluding hydrogens is 242 g/mol. The number of carbonyl (C=O) groups excluding carboxylic acids is 1. The second-order valence-corrected chi connectivity index (χ2v) is 4.48. The standard InChI is InChI=1S/C13H17N5O/c1-9(19)12(15)10(8-14)13-16-5-4-11(17-13)18-6-2-3-7-18/h4-5,8,14-16H,2-3,6-7H2,1H3/b13-10-,14-8?,15-12?. The quantitative estimate of drug-likeness (QED) is 0.662. The number of Topliss-reactive ketones (excluding diaryl/α,β-unsaturated/α-hetero) is 1. The highest BCUT2D eigenvalue weighted by molar-refractivity contribution is 6.48. The molecule has 0 spiro atoms. The lowest BCUT2D eigenvalue weighted by Gasteiger charge is -2.21. The molecule has 0 radical (unpaired) electrons. The Bertz CT molecular complexity index is 509. The van der Waals surface area contributed by atoms with Crippen LogP contribution in [0.1, 0.15) is 19.8 Å². The normalized spacial score (nSPS) is 20.7. The molecule has 2 aliphatic rings. The highest BCUT2D eigenvalue weighted by atomic mass is 16.1. The lowest BCUT2D eigenvalue weighted by molar-refractivity contribution is -0.111. The van der Waals surface area contributed by atoms with Gasteiger partial charge in [-0.15, -0.1) is 0 Å². The van der Waals surface area contributed by atoms with E-state index in [1.54, 1.807) is 6.20 Å². The minimum atomic E-state index is -0.375. The minimum absolute atomic E-state index is 0.197. The lowest BCUT2D eigenvalue weighted by atomic mass is 10.1. The number of aliphatic imine (C=N–C) groups is 1. The van der Waals surface area contributed by atoms with E-state index in [0.717, 1.165) is 38.0 Å². The van der Waals surface area contributed by atoms with Crippen molar-refractivity contribution >= 4 is 23.5 Å². The van der Waals surface area contributed by atoms with Crippen molar-refractivity contribution in [3.8, 4) is 0 Å². The molecule has 0 atom stereocenters. The van der Waals surface area contributed by atoms with Crippen molar-refractivity contribution in [1.29, 1.82) is 10.8 Å². The molecule has 2 heterocycles. The summed E-state index contributed by atoms with van der Waals surface area (Å²) >= 11 is 0. The van der Waals surface area contributed by atoms with E-state index in [2.05, 4.69) is 15.2 Å². The van der Waals surface area contributed by atoms with Gasteiger partial charge in [0.2, 0.25) is 0 Å². The maximum absolute atomic E-state index is 11.3. The van der Waals surface area contributed by atoms with Gasteiger partial charge >= 0.3 is 0 Å². The molecule has 6 nitrogen and oxygen atoms in total. The number of nitrogens with zero attached hydrogens (tertiary/aromatic N) is 2. The third-order valence-corrected chi connectivity index (χ3v) is 3.13. The molecule has 1 fully saturated rings. The van der Waals surface area contributed by atoms with E-state index in [4.69, 9.17) is 10.8 Å². The molecule has 0 saturated carbocycles. The molecule has 0 amide bonds. The number of nitrogens with one attached hydrogen (secondary N) is 3. The Labute approximate surface area is 111 Å². The fourth-order valence-electron chi connectivity index (χ4n) is 2.09. The van der Waals surface area contributed by atoms with Gasteiger partial charge in [0.15, 0.2) is 5.78 Å². The van der Waals surface area contributed by atoms with Gasteiger partial charge < -0.3 is 15.6 Å². The zero-order chi connectivity index (χ0) is 13.8. The number of ketones is 1. The van der Waals surface area contributed by atoms with Gasteiger partial charge in [0.1, 0.15) is 17.4 Å². The van der Waals surface area contributed by atoms with Crippen LogP contribution in [-0.2, 0) is 4.79 Å². The van der Waals surface area contributed by atoms with E-state index in [1.807, 2.05) is 6.08 Å². The number of rotatable bonds is 3. The molecule has 2 aliphatic heterocycles. The number of amidine groups is 1. The van der Waals surface area contributed by atoms with Crippen LogP contribution in [0.3, 0.4) is 0 Å². The van der Waals surface area contributed by atoms with Crippen LogP contribution in [0.2, 0.25) is 0 Å². The van der Waals surface area contributed by atoms with E-state index < -0.39 is 0 Å². The van der Waals surface area contributed by atoms with Gasteiger partial charge in [0.25, 0.3) is 0 Å². The second kappa shape index (κ2) is 5.60. The largest absolute Gasteiger partial charge is 0.357 e. The van der Waals surface area contributed by atoms with Crippen molar-refractivity contribution < 1.29 is 4.79 Å². The summed E-state index contributed by atoms with van der Waals surface area (Å²) in [5, 5.41) is 18.0. The van der Waals surface area contributed by atoms with E-state index in [0.29, 0.717) is 5.82 Å². The predicted octanol–water partition coefficient (Wildman–Crippen LogP) is 1.07. The highest BCUT2D eigenvalue weighted by Crippen LogP contribution is 2.14. The van der Waals surface area contributed by atoms with E-state index in [-0.39, 0.29) is 17.1 Å². The van der Waals surface area contributed by atoms with Crippen molar-refractivity contribution in [3.05, 3.63) is 23.7 Å². The molecule has 19 heavy (non-hydrogen) atoms. The topological polar surface area (TPSA) is 92.4 Å². The number of hydrogen-bond acceptors (Lipinski definition) is 6. The third-order valence-electron chi connectivity index (χ3n) is 3.13. The van der Waals surface area contributed by atoms with Crippen LogP contribution in [-0.4, -0.2) is 41.5 Å². The Morgan fingerprint density at radius 2 is 2.16 bits per heavy atom. The van der Waals surface area contributed by atoms with Crippen molar-refractivity contribution in [2.45, 2.75) is 19.8 Å². The Morgan fingerprint density at radius 1 is 1.47 bits per heavy atom. The van der Waals surface area contributed by atoms with Gasteiger partial charge in [-0.05, 0) is 18.9 Å². The molecule has 1 saturated heterocycles. The summed E-state index contributed by atoms with van der Waals surface area (Å²) in [6, 6.07) is 0. The van der Waals surface area contributed by atoms with Gasteiger partial charge in [-0.25, -0.2) is 4.99 Å². The summed E-state index contributed by atoms with van der Waals surface area (Å²) in [6.07, 6.45) is 6.90. The van der Waals surface area contributed by atoms with Crippen LogP contribution in [0.25, 0.3) is 0 Å². The van der Waals surface area contributed by atoms with Crippen LogP contribution < -0.4 is 5.32 Å². The van der Waals surface area contributed by atoms with Crippen molar-refractivity contribution in [3.63, 3.8) is 0 Å². The summed E-state index contributed by atoms with van der Waals surface area (Å²) in [7, 11) is 0. The van der Waals surface area contributed by atoms with Crippen LogP contribution >= 0.6 is 0 Å². The summed E-state index contributed by atoms with van der Waals surface area (Å²) in [4.78, 5) is 17.8. The first-order chi connectivity index (χ1) is 9.13. The van der Waals surface area contributed by atoms with Crippen LogP contribution in [0.5, 0.6) is 0 Å². The second-order valence-electron chi connectivity index (χ2n) is 4.48. The Kier molecular flexibility index (Phi) is 3.89. The smallest absolute Gasteiger partial charge is 0.178 e. The predicted molar refractivity (Wildman–Crippen MR) is 74.7 cm³/mol. The van der Waals surface area contributed by atoms with Crippen molar-refractivity contribution in [2.75, 3.05) is 13.1 Å². The third kappa shape index (κ3) is 2.78. The molecule has 0 unspecified atom stereocenters. The van der Waals surface area contributed by atoms with Gasteiger partial charge in [-0.1, -0.05) is 0 Å². The molecule has 0 aromatic carbocycles. The number of carbonyl (C=O) groups is 1. The zero-order valence-corrected chi connectivity index (χ0v) is 10.9. The molecule has 100 valence electrons. The zero-order valence-electron chi connectivity index (χ0n) is 10.9. The maximum atomic E-state index is 11.3. The fraction of sp³-hybridized carbons (Fsp3) is 0.385. The van der Waals surface area contributed by atoms with E-state index in [9.17, 15) is 4.79 Å². The molecule has 0 aromatic heterocycles. The van der Waals surface area contributed by atoms with Gasteiger partial charge in [-0.2, -0.15) is 0 Å². The number of likely N-dealkylation sites (tertiary alicyclic amines) is 1. The van der Waals surface area contributed by atoms with E-state index in [1.165, 1.54) is 6.92 Å². The number of hydrogen-bond donors (Lipinski definition) is 3. The van der Waals surface area contributed by atoms with Gasteiger partial charge in [-0.3, -0.25) is 10.2 Å². The van der Waals surface area contributed by atoms with Crippen molar-refractivity contribution in [2.24, 2.45) is 4.99 Å². The van der Waals surface area contributed by atoms with Crippen LogP contribution in [0.15, 0.2) is 28.7 Å². The highest BCUT2D eigenvalue weighted by Gasteiger charge is 2.19. The molecular formula is C13H17N5O. The van der Waals surface area contributed by atoms with Gasteiger partial charge in [0.05, 0.1) is 5.57 Å². The first-order valence-electron chi connectivity index (χ1n) is 6.25. The summed E-state index contributed by atoms with van der Waals surface area (Å²) in [6.45, 7) is 3.26. The fourth-order valence-corrected chi connectivity index (χ4v) is 2.09. The van der Waals surface area contributed by atoms with Crippen LogP contribution in [0.4, 0.5) is 0 Å². The average molecular weight is 259 g/mol. The average Bonchev–Trinajstić information content (AvgIpc) is 2.93. The Hall–Kier alpha value is -2.24.